The Hall–Kier alpha value is -3.54. The second-order valence-corrected chi connectivity index (χ2v) is 7.85. The molecule has 2 aromatic carbocycles. The van der Waals surface area contributed by atoms with Gasteiger partial charge >= 0.3 is 0 Å². The molecule has 0 N–H and O–H groups in total. The second kappa shape index (κ2) is 7.61. The molecule has 6 heteroatoms. The van der Waals surface area contributed by atoms with Crippen LogP contribution in [-0.2, 0) is 16.6 Å². The normalized spacial score (nSPS) is 15.4. The number of ketones is 1. The van der Waals surface area contributed by atoms with Crippen molar-refractivity contribution in [1.82, 2.24) is 4.98 Å². The quantitative estimate of drug-likeness (QED) is 0.570. The van der Waals surface area contributed by atoms with E-state index in [1.54, 1.807) is 20.4 Å². The first kappa shape index (κ1) is 19.4. The lowest BCUT2D eigenvalue weighted by atomic mass is 9.88. The Labute approximate surface area is 180 Å². The molecular formula is C25H23NO5. The molecule has 6 nitrogen and oxygen atoms in total. The largest absolute Gasteiger partial charge is 0.497 e. The van der Waals surface area contributed by atoms with E-state index in [2.05, 4.69) is 4.98 Å². The number of benzene rings is 2. The first-order valence-electron chi connectivity index (χ1n) is 10.2. The highest BCUT2D eigenvalue weighted by molar-refractivity contribution is 5.94. The Balaban J connectivity index is 1.34. The fraction of sp³-hybridized carbons (Fsp3) is 0.280. The van der Waals surface area contributed by atoms with E-state index in [-0.39, 0.29) is 12.6 Å². The third-order valence-corrected chi connectivity index (χ3v) is 6.10. The maximum absolute atomic E-state index is 13.2. The predicted octanol–water partition coefficient (Wildman–Crippen LogP) is 4.34. The average molecular weight is 417 g/mol. The minimum Gasteiger partial charge on any atom is -0.497 e. The molecule has 1 fully saturated rings. The van der Waals surface area contributed by atoms with Crippen molar-refractivity contribution >= 4 is 5.78 Å². The van der Waals surface area contributed by atoms with Gasteiger partial charge in [0.15, 0.2) is 11.5 Å². The van der Waals surface area contributed by atoms with Gasteiger partial charge in [-0.2, -0.15) is 0 Å². The third kappa shape index (κ3) is 3.48. The molecule has 2 heterocycles. The van der Waals surface area contributed by atoms with Gasteiger partial charge in [0.25, 0.3) is 0 Å². The monoisotopic (exact) mass is 417 g/mol. The standard InChI is InChI=1S/C25H23NO5/c1-28-19-6-7-20(22(13-19)29-2)16-3-5-18(26-14-16)12-24(27)25(9-10-25)17-4-8-21-23(11-17)31-15-30-21/h3-8,11,13-14H,9-10,12,15H2,1-2H3. The number of methoxy groups -OCH3 is 2. The van der Waals surface area contributed by atoms with Crippen LogP contribution in [0.25, 0.3) is 11.1 Å². The average Bonchev–Trinajstić information content (AvgIpc) is 3.50. The van der Waals surface area contributed by atoms with Crippen LogP contribution in [0.4, 0.5) is 0 Å². The number of fused-ring (bicyclic) bond motifs is 1. The number of nitrogens with zero attached hydrogens (tertiary/aromatic N) is 1. The molecule has 0 unspecified atom stereocenters. The third-order valence-electron chi connectivity index (χ3n) is 6.10. The van der Waals surface area contributed by atoms with Crippen LogP contribution in [0.5, 0.6) is 23.0 Å². The molecule has 0 atom stereocenters. The topological polar surface area (TPSA) is 66.9 Å². The van der Waals surface area contributed by atoms with Crippen molar-refractivity contribution in [2.75, 3.05) is 21.0 Å². The zero-order valence-electron chi connectivity index (χ0n) is 17.5. The van der Waals surface area contributed by atoms with Gasteiger partial charge in [-0.15, -0.1) is 0 Å². The van der Waals surface area contributed by atoms with E-state index >= 15 is 0 Å². The molecule has 0 saturated heterocycles. The van der Waals surface area contributed by atoms with Gasteiger partial charge in [0.1, 0.15) is 17.3 Å². The number of hydrogen-bond acceptors (Lipinski definition) is 6. The molecule has 3 aromatic rings. The molecule has 0 amide bonds. The highest BCUT2D eigenvalue weighted by atomic mass is 16.7. The van der Waals surface area contributed by atoms with E-state index in [0.717, 1.165) is 46.7 Å². The molecule has 1 aliphatic carbocycles. The molecule has 0 radical (unpaired) electrons. The van der Waals surface area contributed by atoms with E-state index in [0.29, 0.717) is 17.9 Å². The van der Waals surface area contributed by atoms with Gasteiger partial charge in [-0.05, 0) is 48.7 Å². The molecule has 158 valence electrons. The van der Waals surface area contributed by atoms with Crippen LogP contribution in [0.15, 0.2) is 54.7 Å². The fourth-order valence-corrected chi connectivity index (χ4v) is 4.11. The summed E-state index contributed by atoms with van der Waals surface area (Å²) in [4.78, 5) is 17.7. The Kier molecular flexibility index (Phi) is 4.77. The lowest BCUT2D eigenvalue weighted by Crippen LogP contribution is -2.22. The number of pyridine rings is 1. The van der Waals surface area contributed by atoms with Crippen LogP contribution in [0.2, 0.25) is 0 Å². The Morgan fingerprint density at radius 1 is 1.00 bits per heavy atom. The van der Waals surface area contributed by atoms with E-state index in [9.17, 15) is 4.79 Å². The van der Waals surface area contributed by atoms with Crippen molar-refractivity contribution in [3.63, 3.8) is 0 Å². The van der Waals surface area contributed by atoms with Crippen LogP contribution < -0.4 is 18.9 Å². The maximum Gasteiger partial charge on any atom is 0.231 e. The summed E-state index contributed by atoms with van der Waals surface area (Å²) >= 11 is 0. The summed E-state index contributed by atoms with van der Waals surface area (Å²) in [6.45, 7) is 0.231. The van der Waals surface area contributed by atoms with Crippen molar-refractivity contribution in [2.45, 2.75) is 24.7 Å². The Morgan fingerprint density at radius 3 is 2.55 bits per heavy atom. The van der Waals surface area contributed by atoms with Crippen LogP contribution in [0, 0.1) is 0 Å². The minimum absolute atomic E-state index is 0.189. The second-order valence-electron chi connectivity index (χ2n) is 7.85. The van der Waals surface area contributed by atoms with Crippen molar-refractivity contribution in [1.29, 1.82) is 0 Å². The summed E-state index contributed by atoms with van der Waals surface area (Å²) in [7, 11) is 3.25. The van der Waals surface area contributed by atoms with Crippen LogP contribution in [0.1, 0.15) is 24.1 Å². The summed E-state index contributed by atoms with van der Waals surface area (Å²) < 4.78 is 21.6. The van der Waals surface area contributed by atoms with E-state index in [1.165, 1.54) is 0 Å². The summed E-state index contributed by atoms with van der Waals surface area (Å²) in [5.41, 5.74) is 3.18. The van der Waals surface area contributed by atoms with Gasteiger partial charge in [0.2, 0.25) is 6.79 Å². The smallest absolute Gasteiger partial charge is 0.231 e. The zero-order valence-corrected chi connectivity index (χ0v) is 17.5. The molecular weight excluding hydrogens is 394 g/mol. The SMILES string of the molecule is COc1ccc(-c2ccc(CC(=O)C3(c4ccc5c(c4)OCO5)CC3)nc2)c(OC)c1. The number of carbonyl (C=O) groups is 1. The van der Waals surface area contributed by atoms with Crippen molar-refractivity contribution < 1.29 is 23.7 Å². The van der Waals surface area contributed by atoms with Gasteiger partial charge < -0.3 is 18.9 Å². The first-order valence-corrected chi connectivity index (χ1v) is 10.2. The highest BCUT2D eigenvalue weighted by Gasteiger charge is 2.50. The van der Waals surface area contributed by atoms with E-state index < -0.39 is 5.41 Å². The van der Waals surface area contributed by atoms with Gasteiger partial charge in [-0.3, -0.25) is 9.78 Å². The molecule has 2 aliphatic rings. The number of aromatic nitrogens is 1. The van der Waals surface area contributed by atoms with Crippen LogP contribution >= 0.6 is 0 Å². The maximum atomic E-state index is 13.2. The van der Waals surface area contributed by atoms with Crippen molar-refractivity contribution in [3.8, 4) is 34.1 Å². The Bertz CT molecular complexity index is 1140. The van der Waals surface area contributed by atoms with Gasteiger partial charge in [-0.1, -0.05) is 12.1 Å². The summed E-state index contributed by atoms with van der Waals surface area (Å²) in [6, 6.07) is 15.4. The van der Waals surface area contributed by atoms with Gasteiger partial charge in [0, 0.05) is 35.5 Å². The number of carbonyl (C=O) groups excluding carboxylic acids is 1. The molecule has 0 bridgehead atoms. The minimum atomic E-state index is -0.430. The first-order chi connectivity index (χ1) is 15.1. The fourth-order valence-electron chi connectivity index (χ4n) is 4.11. The van der Waals surface area contributed by atoms with Crippen molar-refractivity contribution in [2.24, 2.45) is 0 Å². The van der Waals surface area contributed by atoms with Crippen LogP contribution in [0.3, 0.4) is 0 Å². The summed E-state index contributed by atoms with van der Waals surface area (Å²) in [5.74, 6) is 3.08. The number of rotatable bonds is 7. The number of hydrogen-bond donors (Lipinski definition) is 0. The molecule has 5 rings (SSSR count). The lowest BCUT2D eigenvalue weighted by Gasteiger charge is -2.15. The van der Waals surface area contributed by atoms with Crippen molar-refractivity contribution in [3.05, 3.63) is 66.0 Å². The molecule has 31 heavy (non-hydrogen) atoms. The molecule has 1 aliphatic heterocycles. The molecule has 1 aromatic heterocycles. The van der Waals surface area contributed by atoms with E-state index in [1.807, 2.05) is 48.5 Å². The zero-order chi connectivity index (χ0) is 21.4. The van der Waals surface area contributed by atoms with Gasteiger partial charge in [-0.25, -0.2) is 0 Å². The number of ether oxygens (including phenoxy) is 4. The van der Waals surface area contributed by atoms with Crippen LogP contribution in [-0.4, -0.2) is 31.8 Å². The predicted molar refractivity (Wildman–Crippen MR) is 115 cm³/mol. The Morgan fingerprint density at radius 2 is 1.84 bits per heavy atom. The molecule has 0 spiro atoms. The number of Topliss-reactive ketones (excluding diaryl/α,β-unsaturated/α-hetero) is 1. The van der Waals surface area contributed by atoms with E-state index in [4.69, 9.17) is 18.9 Å². The summed E-state index contributed by atoms with van der Waals surface area (Å²) in [6.07, 6.45) is 3.79. The highest BCUT2D eigenvalue weighted by Crippen LogP contribution is 2.51. The lowest BCUT2D eigenvalue weighted by molar-refractivity contribution is -0.120. The van der Waals surface area contributed by atoms with Gasteiger partial charge in [0.05, 0.1) is 19.6 Å². The molecule has 1 saturated carbocycles. The summed E-state index contributed by atoms with van der Waals surface area (Å²) in [5, 5.41) is 0.